The average Bonchev–Trinajstić information content (AvgIpc) is 2.62. The second-order valence-corrected chi connectivity index (χ2v) is 5.68. The minimum atomic E-state index is -0.520. The molecule has 126 valence electrons. The van der Waals surface area contributed by atoms with Crippen molar-refractivity contribution in [2.24, 2.45) is 0 Å². The lowest BCUT2D eigenvalue weighted by molar-refractivity contribution is 0.203. The van der Waals surface area contributed by atoms with Crippen LogP contribution in [0.2, 0.25) is 0 Å². The van der Waals surface area contributed by atoms with E-state index in [1.54, 1.807) is 18.2 Å². The third-order valence-electron chi connectivity index (χ3n) is 3.54. The van der Waals surface area contributed by atoms with Gasteiger partial charge in [0.25, 0.3) is 0 Å². The summed E-state index contributed by atoms with van der Waals surface area (Å²) in [6, 6.07) is 21.1. The van der Waals surface area contributed by atoms with E-state index in [0.29, 0.717) is 10.9 Å². The average molecular weight is 351 g/mol. The number of thiocarbonyl (C=S) groups is 1. The lowest BCUT2D eigenvalue weighted by atomic mass is 10.1. The smallest absolute Gasteiger partial charge is 0.410 e. The zero-order valence-electron chi connectivity index (χ0n) is 13.6. The van der Waals surface area contributed by atoms with Gasteiger partial charge in [0.15, 0.2) is 5.11 Å². The van der Waals surface area contributed by atoms with Crippen LogP contribution < -0.4 is 20.7 Å². The van der Waals surface area contributed by atoms with Crippen LogP contribution in [0.25, 0.3) is 10.8 Å². The van der Waals surface area contributed by atoms with Gasteiger partial charge in [-0.05, 0) is 35.8 Å². The second-order valence-electron chi connectivity index (χ2n) is 5.27. The molecule has 0 unspecified atom stereocenters. The number of carbonyl (C=O) groups is 1. The molecule has 0 atom stereocenters. The first-order chi connectivity index (χ1) is 12.2. The van der Waals surface area contributed by atoms with E-state index in [-0.39, 0.29) is 0 Å². The molecular formula is C19H17N3O2S. The molecule has 3 aromatic rings. The zero-order valence-corrected chi connectivity index (χ0v) is 14.4. The third-order valence-corrected chi connectivity index (χ3v) is 3.75. The van der Waals surface area contributed by atoms with Crippen molar-refractivity contribution in [2.75, 3.05) is 17.7 Å². The van der Waals surface area contributed by atoms with Crippen molar-refractivity contribution in [3.8, 4) is 5.75 Å². The third kappa shape index (κ3) is 4.24. The summed E-state index contributed by atoms with van der Waals surface area (Å²) in [6.07, 6.45) is -0.520. The topological polar surface area (TPSA) is 62.4 Å². The maximum atomic E-state index is 11.3. The number of nitrogens with one attached hydrogen (secondary N) is 3. The predicted octanol–water partition coefficient (Wildman–Crippen LogP) is 4.37. The van der Waals surface area contributed by atoms with Crippen molar-refractivity contribution in [1.29, 1.82) is 0 Å². The fraction of sp³-hybridized carbons (Fsp3) is 0.0526. The summed E-state index contributed by atoms with van der Waals surface area (Å²) in [6.45, 7) is 0. The number of ether oxygens (including phenoxy) is 1. The molecule has 5 nitrogen and oxygen atoms in total. The Morgan fingerprint density at radius 3 is 2.56 bits per heavy atom. The first-order valence-corrected chi connectivity index (χ1v) is 8.12. The summed E-state index contributed by atoms with van der Waals surface area (Å²) in [7, 11) is 1.51. The summed E-state index contributed by atoms with van der Waals surface area (Å²) in [5, 5.41) is 11.4. The molecule has 25 heavy (non-hydrogen) atoms. The van der Waals surface area contributed by atoms with Crippen LogP contribution in [0.3, 0.4) is 0 Å². The number of anilines is 2. The normalized spacial score (nSPS) is 10.1. The van der Waals surface area contributed by atoms with E-state index < -0.39 is 6.09 Å². The molecular weight excluding hydrogens is 334 g/mol. The Labute approximate surface area is 151 Å². The molecule has 0 aliphatic heterocycles. The summed E-state index contributed by atoms with van der Waals surface area (Å²) >= 11 is 5.39. The molecule has 3 rings (SSSR count). The Bertz CT molecular complexity index is 922. The van der Waals surface area contributed by atoms with Gasteiger partial charge in [0.1, 0.15) is 5.75 Å². The zero-order chi connectivity index (χ0) is 17.6. The van der Waals surface area contributed by atoms with E-state index in [1.165, 1.54) is 7.05 Å². The first-order valence-electron chi connectivity index (χ1n) is 7.71. The molecule has 1 amide bonds. The molecule has 0 aliphatic rings. The highest BCUT2D eigenvalue weighted by atomic mass is 32.1. The molecule has 0 aliphatic carbocycles. The molecule has 6 heteroatoms. The van der Waals surface area contributed by atoms with Gasteiger partial charge in [-0.25, -0.2) is 4.79 Å². The summed E-state index contributed by atoms with van der Waals surface area (Å²) < 4.78 is 5.11. The Kier molecular flexibility index (Phi) is 5.11. The van der Waals surface area contributed by atoms with Crippen molar-refractivity contribution in [3.63, 3.8) is 0 Å². The molecule has 0 fully saturated rings. The first kappa shape index (κ1) is 16.7. The maximum Gasteiger partial charge on any atom is 0.412 e. The molecule has 0 bridgehead atoms. The van der Waals surface area contributed by atoms with Gasteiger partial charge in [-0.2, -0.15) is 0 Å². The molecule has 0 heterocycles. The number of hydrogen-bond donors (Lipinski definition) is 3. The number of amides is 1. The second kappa shape index (κ2) is 7.63. The lowest BCUT2D eigenvalue weighted by Gasteiger charge is -2.13. The highest BCUT2D eigenvalue weighted by Gasteiger charge is 2.05. The molecule has 0 spiro atoms. The van der Waals surface area contributed by atoms with Crippen molar-refractivity contribution < 1.29 is 9.53 Å². The minimum absolute atomic E-state index is 0.428. The predicted molar refractivity (Wildman–Crippen MR) is 105 cm³/mol. The van der Waals surface area contributed by atoms with E-state index >= 15 is 0 Å². The van der Waals surface area contributed by atoms with Gasteiger partial charge in [-0.1, -0.05) is 42.5 Å². The quantitative estimate of drug-likeness (QED) is 0.612. The van der Waals surface area contributed by atoms with Crippen molar-refractivity contribution in [2.45, 2.75) is 0 Å². The van der Waals surface area contributed by atoms with E-state index in [4.69, 9.17) is 17.0 Å². The van der Waals surface area contributed by atoms with Crippen LogP contribution in [0.1, 0.15) is 0 Å². The van der Waals surface area contributed by atoms with Gasteiger partial charge in [0.2, 0.25) is 0 Å². The van der Waals surface area contributed by atoms with E-state index in [0.717, 1.165) is 22.1 Å². The van der Waals surface area contributed by atoms with Gasteiger partial charge in [0, 0.05) is 29.9 Å². The van der Waals surface area contributed by atoms with E-state index in [2.05, 4.69) is 28.1 Å². The SMILES string of the molecule is CNC(=O)Oc1cccc(NC(=S)Nc2cccc3ccccc23)c1. The van der Waals surface area contributed by atoms with Crippen molar-refractivity contribution in [3.05, 3.63) is 66.7 Å². The van der Waals surface area contributed by atoms with Crippen molar-refractivity contribution >= 4 is 45.6 Å². The highest BCUT2D eigenvalue weighted by molar-refractivity contribution is 7.80. The Balaban J connectivity index is 1.72. The van der Waals surface area contributed by atoms with Gasteiger partial charge >= 0.3 is 6.09 Å². The van der Waals surface area contributed by atoms with Crippen LogP contribution in [-0.2, 0) is 0 Å². The molecule has 0 saturated carbocycles. The molecule has 3 N–H and O–H groups in total. The molecule has 0 radical (unpaired) electrons. The number of hydrogen-bond acceptors (Lipinski definition) is 3. The Morgan fingerprint density at radius 1 is 0.960 bits per heavy atom. The molecule has 0 aromatic heterocycles. The fourth-order valence-corrected chi connectivity index (χ4v) is 2.64. The lowest BCUT2D eigenvalue weighted by Crippen LogP contribution is -2.22. The van der Waals surface area contributed by atoms with Gasteiger partial charge in [0.05, 0.1) is 0 Å². The van der Waals surface area contributed by atoms with Crippen LogP contribution in [0.4, 0.5) is 16.2 Å². The van der Waals surface area contributed by atoms with Gasteiger partial charge < -0.3 is 20.7 Å². The maximum absolute atomic E-state index is 11.3. The molecule has 0 saturated heterocycles. The summed E-state index contributed by atoms with van der Waals surface area (Å²) in [5.74, 6) is 0.428. The van der Waals surface area contributed by atoms with Gasteiger partial charge in [-0.3, -0.25) is 0 Å². The Morgan fingerprint density at radius 2 is 1.72 bits per heavy atom. The van der Waals surface area contributed by atoms with Crippen LogP contribution in [0.15, 0.2) is 66.7 Å². The summed E-state index contributed by atoms with van der Waals surface area (Å²) in [5.41, 5.74) is 1.65. The summed E-state index contributed by atoms with van der Waals surface area (Å²) in [4.78, 5) is 11.3. The number of rotatable bonds is 3. The van der Waals surface area contributed by atoms with E-state index in [1.807, 2.05) is 36.4 Å². The van der Waals surface area contributed by atoms with Crippen molar-refractivity contribution in [1.82, 2.24) is 5.32 Å². The van der Waals surface area contributed by atoms with Crippen LogP contribution >= 0.6 is 12.2 Å². The minimum Gasteiger partial charge on any atom is -0.410 e. The van der Waals surface area contributed by atoms with Gasteiger partial charge in [-0.15, -0.1) is 0 Å². The monoisotopic (exact) mass is 351 g/mol. The fourth-order valence-electron chi connectivity index (χ4n) is 2.41. The number of fused-ring (bicyclic) bond motifs is 1. The van der Waals surface area contributed by atoms with Crippen LogP contribution in [0, 0.1) is 0 Å². The largest absolute Gasteiger partial charge is 0.412 e. The molecule has 3 aromatic carbocycles. The highest BCUT2D eigenvalue weighted by Crippen LogP contribution is 2.23. The van der Waals surface area contributed by atoms with Crippen LogP contribution in [-0.4, -0.2) is 18.3 Å². The van der Waals surface area contributed by atoms with E-state index in [9.17, 15) is 4.79 Å². The van der Waals surface area contributed by atoms with Crippen LogP contribution in [0.5, 0.6) is 5.75 Å². The Hall–Kier alpha value is -3.12. The number of benzene rings is 3. The standard InChI is InChI=1S/C19H17N3O2S/c1-20-19(23)24-15-9-5-8-14(12-15)21-18(25)22-17-11-4-7-13-6-2-3-10-16(13)17/h2-12H,1H3,(H,20,23)(H2,21,22,25). The number of carbonyl (C=O) groups excluding carboxylic acids is 1.